The van der Waals surface area contributed by atoms with E-state index in [0.29, 0.717) is 6.54 Å². The molecule has 0 saturated carbocycles. The van der Waals surface area contributed by atoms with Crippen molar-refractivity contribution in [3.63, 3.8) is 0 Å². The van der Waals surface area contributed by atoms with Crippen molar-refractivity contribution in [3.8, 4) is 0 Å². The van der Waals surface area contributed by atoms with Crippen molar-refractivity contribution in [3.05, 3.63) is 21.6 Å². The minimum Gasteiger partial charge on any atom is -0.354 e. The zero-order valence-electron chi connectivity index (χ0n) is 10.5. The Balaban J connectivity index is 2.83. The highest BCUT2D eigenvalue weighted by Gasteiger charge is 2.21. The Morgan fingerprint density at radius 3 is 2.89 bits per heavy atom. The van der Waals surface area contributed by atoms with E-state index in [0.717, 1.165) is 12.6 Å². The van der Waals surface area contributed by atoms with E-state index in [1.54, 1.807) is 6.92 Å². The Morgan fingerprint density at radius 2 is 2.32 bits per heavy atom. The number of halogens is 1. The molecule has 0 saturated heterocycles. The van der Waals surface area contributed by atoms with Crippen LogP contribution in [0.2, 0.25) is 5.28 Å². The highest BCUT2D eigenvalue weighted by molar-refractivity contribution is 6.28. The molecule has 0 aromatic carbocycles. The number of nitro groups is 1. The topological polar surface area (TPSA) is 110 Å². The van der Waals surface area contributed by atoms with Crippen LogP contribution in [0.25, 0.3) is 0 Å². The van der Waals surface area contributed by atoms with Gasteiger partial charge in [0, 0.05) is 6.54 Å². The fourth-order valence-electron chi connectivity index (χ4n) is 1.27. The molecule has 1 atom stereocenters. The molecule has 0 aliphatic carbocycles. The molecule has 1 amide bonds. The number of amides is 1. The van der Waals surface area contributed by atoms with Gasteiger partial charge in [0.15, 0.2) is 0 Å². The van der Waals surface area contributed by atoms with Crippen molar-refractivity contribution in [2.75, 3.05) is 11.9 Å². The number of hydrogen-bond acceptors (Lipinski definition) is 6. The van der Waals surface area contributed by atoms with Gasteiger partial charge < -0.3 is 10.6 Å². The molecule has 1 unspecified atom stereocenters. The van der Waals surface area contributed by atoms with Gasteiger partial charge in [0.25, 0.3) is 0 Å². The molecule has 1 aromatic rings. The van der Waals surface area contributed by atoms with Crippen LogP contribution < -0.4 is 10.6 Å². The maximum atomic E-state index is 11.7. The molecule has 0 aliphatic heterocycles. The van der Waals surface area contributed by atoms with Crippen LogP contribution in [0.15, 0.2) is 6.20 Å². The maximum absolute atomic E-state index is 11.7. The molecule has 0 aliphatic rings. The number of anilines is 1. The lowest BCUT2D eigenvalue weighted by Gasteiger charge is -2.14. The van der Waals surface area contributed by atoms with Crippen molar-refractivity contribution in [1.82, 2.24) is 15.3 Å². The molecule has 0 bridgehead atoms. The van der Waals surface area contributed by atoms with Crippen molar-refractivity contribution in [2.24, 2.45) is 0 Å². The van der Waals surface area contributed by atoms with Crippen LogP contribution in [0.5, 0.6) is 0 Å². The minimum absolute atomic E-state index is 0.0795. The van der Waals surface area contributed by atoms with E-state index in [2.05, 4.69) is 20.6 Å². The van der Waals surface area contributed by atoms with E-state index in [1.165, 1.54) is 0 Å². The highest BCUT2D eigenvalue weighted by atomic mass is 35.5. The Hall–Kier alpha value is -1.96. The molecule has 0 fully saturated rings. The van der Waals surface area contributed by atoms with Gasteiger partial charge in [0.05, 0.1) is 4.92 Å². The van der Waals surface area contributed by atoms with Gasteiger partial charge in [0.2, 0.25) is 17.0 Å². The first-order valence-electron chi connectivity index (χ1n) is 5.66. The normalized spacial score (nSPS) is 11.7. The van der Waals surface area contributed by atoms with Gasteiger partial charge in [-0.15, -0.1) is 0 Å². The number of nitrogens with zero attached hydrogens (tertiary/aromatic N) is 3. The Morgan fingerprint density at radius 1 is 1.63 bits per heavy atom. The number of carbonyl (C=O) groups is 1. The zero-order chi connectivity index (χ0) is 14.4. The van der Waals surface area contributed by atoms with Crippen LogP contribution >= 0.6 is 11.6 Å². The fourth-order valence-corrected chi connectivity index (χ4v) is 1.40. The number of rotatable bonds is 6. The second-order valence-electron chi connectivity index (χ2n) is 3.79. The fraction of sp³-hybridized carbons (Fsp3) is 0.500. The lowest BCUT2D eigenvalue weighted by molar-refractivity contribution is -0.384. The minimum atomic E-state index is -0.670. The van der Waals surface area contributed by atoms with Crippen molar-refractivity contribution < 1.29 is 9.72 Å². The summed E-state index contributed by atoms with van der Waals surface area (Å²) in [6, 6.07) is -0.670. The number of carbonyl (C=O) groups excluding carboxylic acids is 1. The van der Waals surface area contributed by atoms with Gasteiger partial charge in [-0.1, -0.05) is 6.92 Å². The zero-order valence-corrected chi connectivity index (χ0v) is 11.3. The summed E-state index contributed by atoms with van der Waals surface area (Å²) in [4.78, 5) is 29.1. The predicted octanol–water partition coefficient (Wildman–Crippen LogP) is 1.36. The van der Waals surface area contributed by atoms with Crippen LogP contribution in [0, 0.1) is 10.1 Å². The summed E-state index contributed by atoms with van der Waals surface area (Å²) in [5, 5.41) is 16.0. The summed E-state index contributed by atoms with van der Waals surface area (Å²) >= 11 is 5.58. The number of aromatic nitrogens is 2. The maximum Gasteiger partial charge on any atom is 0.329 e. The van der Waals surface area contributed by atoms with Gasteiger partial charge in [-0.2, -0.15) is 4.98 Å². The summed E-state index contributed by atoms with van der Waals surface area (Å²) in [7, 11) is 0. The van der Waals surface area contributed by atoms with Gasteiger partial charge in [-0.3, -0.25) is 14.9 Å². The van der Waals surface area contributed by atoms with Crippen molar-refractivity contribution >= 4 is 29.0 Å². The molecule has 19 heavy (non-hydrogen) atoms. The second kappa shape index (κ2) is 6.83. The monoisotopic (exact) mass is 287 g/mol. The molecule has 1 heterocycles. The third kappa shape index (κ3) is 4.32. The first-order chi connectivity index (χ1) is 8.95. The summed E-state index contributed by atoms with van der Waals surface area (Å²) in [5.74, 6) is -0.352. The third-order valence-corrected chi connectivity index (χ3v) is 2.41. The first-order valence-corrected chi connectivity index (χ1v) is 6.04. The molecule has 1 aromatic heterocycles. The van der Waals surface area contributed by atoms with E-state index in [-0.39, 0.29) is 22.7 Å². The first kappa shape index (κ1) is 15.1. The average molecular weight is 288 g/mol. The van der Waals surface area contributed by atoms with Gasteiger partial charge >= 0.3 is 5.69 Å². The average Bonchev–Trinajstić information content (AvgIpc) is 2.35. The Bertz CT molecular complexity index is 482. The van der Waals surface area contributed by atoms with Crippen LogP contribution in [-0.4, -0.2) is 33.4 Å². The highest BCUT2D eigenvalue weighted by Crippen LogP contribution is 2.22. The standard InChI is InChI=1S/C10H14ClN5O3/c1-3-4-12-9(17)6(2)14-8-7(16(18)19)5-13-10(11)15-8/h5-6H,3-4H2,1-2H3,(H,12,17)(H,13,14,15). The quantitative estimate of drug-likeness (QED) is 0.464. The van der Waals surface area contributed by atoms with Crippen LogP contribution in [0.4, 0.5) is 11.5 Å². The largest absolute Gasteiger partial charge is 0.354 e. The molecule has 9 heteroatoms. The summed E-state index contributed by atoms with van der Waals surface area (Å²) in [6.45, 7) is 4.04. The van der Waals surface area contributed by atoms with E-state index in [1.807, 2.05) is 6.92 Å². The van der Waals surface area contributed by atoms with E-state index < -0.39 is 11.0 Å². The lowest BCUT2D eigenvalue weighted by Crippen LogP contribution is -2.38. The van der Waals surface area contributed by atoms with Gasteiger partial charge in [-0.05, 0) is 24.9 Å². The Kier molecular flexibility index (Phi) is 5.43. The third-order valence-electron chi connectivity index (χ3n) is 2.23. The van der Waals surface area contributed by atoms with Crippen LogP contribution in [0.1, 0.15) is 20.3 Å². The molecular weight excluding hydrogens is 274 g/mol. The molecule has 2 N–H and O–H groups in total. The van der Waals surface area contributed by atoms with E-state index in [4.69, 9.17) is 11.6 Å². The van der Waals surface area contributed by atoms with Gasteiger partial charge in [-0.25, -0.2) is 4.98 Å². The van der Waals surface area contributed by atoms with E-state index >= 15 is 0 Å². The lowest BCUT2D eigenvalue weighted by atomic mass is 10.3. The van der Waals surface area contributed by atoms with Crippen LogP contribution in [-0.2, 0) is 4.79 Å². The SMILES string of the molecule is CCCNC(=O)C(C)Nc1nc(Cl)ncc1[N+](=O)[O-]. The molecule has 8 nitrogen and oxygen atoms in total. The van der Waals surface area contributed by atoms with Crippen molar-refractivity contribution in [1.29, 1.82) is 0 Å². The molecule has 104 valence electrons. The number of nitrogens with one attached hydrogen (secondary N) is 2. The summed E-state index contributed by atoms with van der Waals surface area (Å²) in [6.07, 6.45) is 1.80. The van der Waals surface area contributed by atoms with Crippen LogP contribution in [0.3, 0.4) is 0 Å². The summed E-state index contributed by atoms with van der Waals surface area (Å²) in [5.41, 5.74) is -0.334. The van der Waals surface area contributed by atoms with Crippen molar-refractivity contribution in [2.45, 2.75) is 26.3 Å². The molecular formula is C10H14ClN5O3. The van der Waals surface area contributed by atoms with E-state index in [9.17, 15) is 14.9 Å². The molecule has 0 spiro atoms. The predicted molar refractivity (Wildman–Crippen MR) is 70.1 cm³/mol. The number of hydrogen-bond donors (Lipinski definition) is 2. The Labute approximate surface area is 114 Å². The second-order valence-corrected chi connectivity index (χ2v) is 4.13. The van der Waals surface area contributed by atoms with Gasteiger partial charge in [0.1, 0.15) is 12.2 Å². The molecule has 1 rings (SSSR count). The molecule has 0 radical (unpaired) electrons. The summed E-state index contributed by atoms with van der Waals surface area (Å²) < 4.78 is 0. The smallest absolute Gasteiger partial charge is 0.329 e.